The van der Waals surface area contributed by atoms with Crippen molar-refractivity contribution in [2.24, 2.45) is 0 Å². The van der Waals surface area contributed by atoms with Crippen LogP contribution in [0, 0.1) is 6.92 Å². The molecule has 0 saturated carbocycles. The lowest BCUT2D eigenvalue weighted by atomic mass is 10.1. The molecule has 1 amide bonds. The number of carbonyl (C=O) groups excluding carboxylic acids is 1. The number of amides is 1. The third-order valence-electron chi connectivity index (χ3n) is 5.10. The fraction of sp³-hybridized carbons (Fsp3) is 0.409. The highest BCUT2D eigenvalue weighted by Gasteiger charge is 2.21. The van der Waals surface area contributed by atoms with E-state index in [-0.39, 0.29) is 23.4 Å². The molecule has 1 atom stereocenters. The number of anilines is 1. The molecule has 1 N–H and O–H groups in total. The van der Waals surface area contributed by atoms with Crippen LogP contribution in [0.1, 0.15) is 37.9 Å². The number of hydrogen-bond acceptors (Lipinski definition) is 4. The normalized spacial score (nSPS) is 12.9. The van der Waals surface area contributed by atoms with Gasteiger partial charge in [0.25, 0.3) is 0 Å². The van der Waals surface area contributed by atoms with Gasteiger partial charge in [0.05, 0.1) is 11.4 Å². The molecule has 0 heterocycles. The minimum absolute atomic E-state index is 0.0999. The first-order valence-electron chi connectivity index (χ1n) is 9.85. The summed E-state index contributed by atoms with van der Waals surface area (Å²) in [6.07, 6.45) is 0. The number of nitrogens with zero attached hydrogens (tertiary/aromatic N) is 2. The molecule has 0 aromatic heterocycles. The molecule has 2 aromatic rings. The van der Waals surface area contributed by atoms with E-state index < -0.39 is 10.0 Å². The molecule has 0 aliphatic rings. The minimum Gasteiger partial charge on any atom is -0.325 e. The van der Waals surface area contributed by atoms with Gasteiger partial charge in [-0.3, -0.25) is 9.69 Å². The van der Waals surface area contributed by atoms with Crippen molar-refractivity contribution in [3.05, 3.63) is 59.7 Å². The Hall–Kier alpha value is -2.22. The van der Waals surface area contributed by atoms with Crippen molar-refractivity contribution in [3.8, 4) is 0 Å². The van der Waals surface area contributed by atoms with E-state index in [0.717, 1.165) is 5.56 Å². The summed E-state index contributed by atoms with van der Waals surface area (Å²) >= 11 is 0. The molecule has 0 radical (unpaired) electrons. The van der Waals surface area contributed by atoms with Gasteiger partial charge < -0.3 is 5.32 Å². The fourth-order valence-corrected chi connectivity index (χ4v) is 4.54. The lowest BCUT2D eigenvalue weighted by Crippen LogP contribution is -2.32. The first kappa shape index (κ1) is 23.1. The largest absolute Gasteiger partial charge is 0.325 e. The number of sulfonamides is 1. The van der Waals surface area contributed by atoms with Crippen LogP contribution >= 0.6 is 0 Å². The summed E-state index contributed by atoms with van der Waals surface area (Å²) in [6, 6.07) is 14.7. The summed E-state index contributed by atoms with van der Waals surface area (Å²) in [6.45, 7) is 8.79. The van der Waals surface area contributed by atoms with Crippen molar-refractivity contribution < 1.29 is 13.2 Å². The number of hydrogen-bond donors (Lipinski definition) is 1. The third kappa shape index (κ3) is 5.88. The second-order valence-electron chi connectivity index (χ2n) is 7.16. The molecule has 0 aliphatic carbocycles. The Labute approximate surface area is 174 Å². The van der Waals surface area contributed by atoms with Gasteiger partial charge in [-0.1, -0.05) is 43.7 Å². The predicted molar refractivity (Wildman–Crippen MR) is 117 cm³/mol. The van der Waals surface area contributed by atoms with Gasteiger partial charge in [0, 0.05) is 24.8 Å². The van der Waals surface area contributed by atoms with Gasteiger partial charge in [-0.05, 0) is 50.7 Å². The van der Waals surface area contributed by atoms with Crippen LogP contribution in [0.15, 0.2) is 53.4 Å². The van der Waals surface area contributed by atoms with Gasteiger partial charge in [-0.15, -0.1) is 0 Å². The van der Waals surface area contributed by atoms with E-state index in [1.54, 1.807) is 12.1 Å². The van der Waals surface area contributed by atoms with Crippen LogP contribution < -0.4 is 5.32 Å². The van der Waals surface area contributed by atoms with Crippen LogP contribution in [-0.2, 0) is 14.8 Å². The number of rotatable bonds is 9. The van der Waals surface area contributed by atoms with E-state index in [9.17, 15) is 13.2 Å². The van der Waals surface area contributed by atoms with E-state index in [4.69, 9.17) is 0 Å². The average Bonchev–Trinajstić information content (AvgIpc) is 2.69. The number of benzene rings is 2. The molecule has 2 aromatic carbocycles. The molecule has 2 rings (SSSR count). The first-order valence-corrected chi connectivity index (χ1v) is 11.3. The van der Waals surface area contributed by atoms with Crippen molar-refractivity contribution >= 4 is 21.6 Å². The molecule has 1 unspecified atom stereocenters. The number of carbonyl (C=O) groups is 1. The molecular formula is C22H31N3O3S. The van der Waals surface area contributed by atoms with Gasteiger partial charge in [0.1, 0.15) is 0 Å². The van der Waals surface area contributed by atoms with Gasteiger partial charge in [0.15, 0.2) is 0 Å². The molecule has 6 nitrogen and oxygen atoms in total. The Bertz CT molecular complexity index is 905. The highest BCUT2D eigenvalue weighted by molar-refractivity contribution is 7.89. The van der Waals surface area contributed by atoms with Gasteiger partial charge in [-0.25, -0.2) is 8.42 Å². The number of likely N-dealkylation sites (N-methyl/N-ethyl adjacent to an activating group) is 1. The maximum absolute atomic E-state index is 12.5. The Balaban J connectivity index is 1.99. The summed E-state index contributed by atoms with van der Waals surface area (Å²) in [5, 5.41) is 2.84. The van der Waals surface area contributed by atoms with Crippen molar-refractivity contribution in [3.63, 3.8) is 0 Å². The topological polar surface area (TPSA) is 69.7 Å². The Morgan fingerprint density at radius 3 is 2.07 bits per heavy atom. The Morgan fingerprint density at radius 2 is 1.55 bits per heavy atom. The zero-order valence-electron chi connectivity index (χ0n) is 17.8. The lowest BCUT2D eigenvalue weighted by molar-refractivity contribution is -0.117. The zero-order valence-corrected chi connectivity index (χ0v) is 18.7. The van der Waals surface area contributed by atoms with Gasteiger partial charge in [-0.2, -0.15) is 4.31 Å². The Morgan fingerprint density at radius 1 is 1.00 bits per heavy atom. The fourth-order valence-electron chi connectivity index (χ4n) is 3.09. The van der Waals surface area contributed by atoms with E-state index in [2.05, 4.69) is 36.5 Å². The van der Waals surface area contributed by atoms with Crippen molar-refractivity contribution in [2.45, 2.75) is 38.6 Å². The van der Waals surface area contributed by atoms with Crippen molar-refractivity contribution in [2.75, 3.05) is 32.0 Å². The third-order valence-corrected chi connectivity index (χ3v) is 7.16. The summed E-state index contributed by atoms with van der Waals surface area (Å²) in [4.78, 5) is 14.6. The molecule has 0 fully saturated rings. The van der Waals surface area contributed by atoms with E-state index in [0.29, 0.717) is 18.8 Å². The van der Waals surface area contributed by atoms with Crippen LogP contribution in [0.4, 0.5) is 5.69 Å². The highest BCUT2D eigenvalue weighted by Crippen LogP contribution is 2.20. The van der Waals surface area contributed by atoms with Gasteiger partial charge in [0.2, 0.25) is 15.9 Å². The quantitative estimate of drug-likeness (QED) is 0.676. The summed E-state index contributed by atoms with van der Waals surface area (Å²) < 4.78 is 26.5. The summed E-state index contributed by atoms with van der Waals surface area (Å²) in [5.41, 5.74) is 2.93. The van der Waals surface area contributed by atoms with Crippen LogP contribution in [-0.4, -0.2) is 50.2 Å². The SMILES string of the molecule is CCN(CC)S(=O)(=O)c1ccc(NC(=O)CN(C)C(C)c2ccc(C)cc2)cc1. The molecule has 0 spiro atoms. The summed E-state index contributed by atoms with van der Waals surface area (Å²) in [7, 11) is -1.59. The maximum atomic E-state index is 12.5. The van der Waals surface area contributed by atoms with Crippen molar-refractivity contribution in [1.82, 2.24) is 9.21 Å². The molecule has 0 saturated heterocycles. The lowest BCUT2D eigenvalue weighted by Gasteiger charge is -2.24. The van der Waals surface area contributed by atoms with E-state index >= 15 is 0 Å². The van der Waals surface area contributed by atoms with Crippen LogP contribution in [0.25, 0.3) is 0 Å². The standard InChI is InChI=1S/C22H31N3O3S/c1-6-25(7-2)29(27,28)21-14-12-20(13-15-21)23-22(26)16-24(5)18(4)19-10-8-17(3)9-11-19/h8-15,18H,6-7,16H2,1-5H3,(H,23,26). The second kappa shape index (κ2) is 10.0. The molecule has 29 heavy (non-hydrogen) atoms. The second-order valence-corrected chi connectivity index (χ2v) is 9.10. The monoisotopic (exact) mass is 417 g/mol. The smallest absolute Gasteiger partial charge is 0.243 e. The first-order chi connectivity index (χ1) is 13.7. The number of aryl methyl sites for hydroxylation is 1. The number of nitrogens with one attached hydrogen (secondary N) is 1. The van der Waals surface area contributed by atoms with Crippen LogP contribution in [0.5, 0.6) is 0 Å². The predicted octanol–water partition coefficient (Wildman–Crippen LogP) is 3.66. The van der Waals surface area contributed by atoms with Gasteiger partial charge >= 0.3 is 0 Å². The molecule has 7 heteroatoms. The highest BCUT2D eigenvalue weighted by atomic mass is 32.2. The molecule has 0 aliphatic heterocycles. The average molecular weight is 418 g/mol. The molecular weight excluding hydrogens is 386 g/mol. The molecule has 158 valence electrons. The van der Waals surface area contributed by atoms with Crippen molar-refractivity contribution in [1.29, 1.82) is 0 Å². The molecule has 0 bridgehead atoms. The Kier molecular flexibility index (Phi) is 7.96. The minimum atomic E-state index is -3.50. The zero-order chi connectivity index (χ0) is 21.6. The van der Waals surface area contributed by atoms with E-state index in [1.165, 1.54) is 22.0 Å². The van der Waals surface area contributed by atoms with E-state index in [1.807, 2.05) is 32.7 Å². The van der Waals surface area contributed by atoms with Crippen LogP contribution in [0.2, 0.25) is 0 Å². The maximum Gasteiger partial charge on any atom is 0.243 e. The summed E-state index contributed by atoms with van der Waals surface area (Å²) in [5.74, 6) is -0.147. The van der Waals surface area contributed by atoms with Crippen LogP contribution in [0.3, 0.4) is 0 Å².